The zero-order valence-corrected chi connectivity index (χ0v) is 11.7. The largest absolute Gasteiger partial charge is 0.419 e. The van der Waals surface area contributed by atoms with Gasteiger partial charge < -0.3 is 10.2 Å². The van der Waals surface area contributed by atoms with Gasteiger partial charge in [0.1, 0.15) is 5.82 Å². The molecule has 2 rings (SSSR count). The van der Waals surface area contributed by atoms with Crippen molar-refractivity contribution in [2.45, 2.75) is 38.5 Å². The van der Waals surface area contributed by atoms with Crippen molar-refractivity contribution in [3.8, 4) is 0 Å². The Morgan fingerprint density at radius 1 is 1.30 bits per heavy atom. The van der Waals surface area contributed by atoms with Crippen molar-refractivity contribution >= 4 is 5.69 Å². The van der Waals surface area contributed by atoms with Crippen molar-refractivity contribution < 1.29 is 17.6 Å². The van der Waals surface area contributed by atoms with Crippen LogP contribution in [0.3, 0.4) is 0 Å². The Hall–Kier alpha value is -1.30. The summed E-state index contributed by atoms with van der Waals surface area (Å²) in [6, 6.07) is 3.24. The summed E-state index contributed by atoms with van der Waals surface area (Å²) in [5.41, 5.74) is -1.00. The van der Waals surface area contributed by atoms with Crippen LogP contribution in [-0.4, -0.2) is 24.7 Å². The van der Waals surface area contributed by atoms with E-state index in [4.69, 9.17) is 0 Å². The van der Waals surface area contributed by atoms with Gasteiger partial charge in [-0.3, -0.25) is 0 Å². The molecule has 0 radical (unpaired) electrons. The van der Waals surface area contributed by atoms with Crippen LogP contribution in [0, 0.1) is 5.82 Å². The number of hydrogen-bond acceptors (Lipinski definition) is 2. The average Bonchev–Trinajstić information content (AvgIpc) is 2.32. The fourth-order valence-corrected chi connectivity index (χ4v) is 2.43. The molecule has 0 bridgehead atoms. The van der Waals surface area contributed by atoms with E-state index in [2.05, 4.69) is 5.32 Å². The predicted octanol–water partition coefficient (Wildman–Crippen LogP) is 3.42. The third-order valence-electron chi connectivity index (χ3n) is 3.56. The van der Waals surface area contributed by atoms with Crippen LogP contribution in [0.15, 0.2) is 18.2 Å². The smallest absolute Gasteiger partial charge is 0.366 e. The molecule has 1 N–H and O–H groups in total. The Kier molecular flexibility index (Phi) is 3.71. The zero-order valence-electron chi connectivity index (χ0n) is 11.7. The van der Waals surface area contributed by atoms with Gasteiger partial charge in [0.25, 0.3) is 0 Å². The first-order chi connectivity index (χ1) is 9.10. The Balaban J connectivity index is 2.37. The van der Waals surface area contributed by atoms with Crippen molar-refractivity contribution in [3.05, 3.63) is 29.6 Å². The minimum absolute atomic E-state index is 0.0505. The first-order valence-electron chi connectivity index (χ1n) is 6.48. The number of hydrogen-bond donors (Lipinski definition) is 1. The van der Waals surface area contributed by atoms with Crippen LogP contribution in [0.4, 0.5) is 23.2 Å². The number of rotatable bonds is 1. The molecule has 1 aromatic rings. The lowest BCUT2D eigenvalue weighted by Crippen LogP contribution is -2.61. The number of benzene rings is 1. The van der Waals surface area contributed by atoms with Gasteiger partial charge in [0.2, 0.25) is 0 Å². The van der Waals surface area contributed by atoms with Gasteiger partial charge in [0.15, 0.2) is 0 Å². The van der Waals surface area contributed by atoms with Crippen molar-refractivity contribution in [2.24, 2.45) is 0 Å². The lowest BCUT2D eigenvalue weighted by atomic mass is 9.98. The van der Waals surface area contributed by atoms with Gasteiger partial charge in [-0.25, -0.2) is 4.39 Å². The summed E-state index contributed by atoms with van der Waals surface area (Å²) < 4.78 is 51.7. The number of nitrogens with zero attached hydrogens (tertiary/aromatic N) is 1. The number of halogens is 4. The Labute approximate surface area is 115 Å². The first-order valence-corrected chi connectivity index (χ1v) is 6.48. The molecule has 1 unspecified atom stereocenters. The molecule has 1 saturated heterocycles. The van der Waals surface area contributed by atoms with E-state index < -0.39 is 17.6 Å². The average molecular weight is 290 g/mol. The van der Waals surface area contributed by atoms with E-state index in [0.717, 1.165) is 12.1 Å². The van der Waals surface area contributed by atoms with Gasteiger partial charge in [0, 0.05) is 30.4 Å². The second kappa shape index (κ2) is 4.91. The van der Waals surface area contributed by atoms with Crippen LogP contribution in [0.25, 0.3) is 0 Å². The summed E-state index contributed by atoms with van der Waals surface area (Å²) in [5, 5.41) is 3.33. The maximum atomic E-state index is 13.3. The van der Waals surface area contributed by atoms with E-state index in [1.807, 2.05) is 25.7 Å². The monoisotopic (exact) mass is 290 g/mol. The van der Waals surface area contributed by atoms with Gasteiger partial charge in [-0.2, -0.15) is 13.2 Å². The van der Waals surface area contributed by atoms with Gasteiger partial charge in [0.05, 0.1) is 5.56 Å². The Morgan fingerprint density at radius 2 is 1.95 bits per heavy atom. The van der Waals surface area contributed by atoms with Crippen LogP contribution < -0.4 is 10.2 Å². The fraction of sp³-hybridized carbons (Fsp3) is 0.571. The van der Waals surface area contributed by atoms with Gasteiger partial charge in [-0.1, -0.05) is 0 Å². The molecule has 112 valence electrons. The van der Waals surface area contributed by atoms with Crippen molar-refractivity contribution in [3.63, 3.8) is 0 Å². The van der Waals surface area contributed by atoms with E-state index in [1.165, 1.54) is 6.07 Å². The molecule has 1 aliphatic rings. The number of nitrogens with one attached hydrogen (secondary N) is 1. The fourth-order valence-electron chi connectivity index (χ4n) is 2.43. The molecule has 1 atom stereocenters. The minimum Gasteiger partial charge on any atom is -0.366 e. The summed E-state index contributed by atoms with van der Waals surface area (Å²) >= 11 is 0. The quantitative estimate of drug-likeness (QED) is 0.797. The molecule has 0 amide bonds. The predicted molar refractivity (Wildman–Crippen MR) is 70.3 cm³/mol. The lowest BCUT2D eigenvalue weighted by molar-refractivity contribution is -0.139. The van der Waals surface area contributed by atoms with Crippen LogP contribution in [-0.2, 0) is 6.18 Å². The highest BCUT2D eigenvalue weighted by atomic mass is 19.4. The van der Waals surface area contributed by atoms with E-state index in [9.17, 15) is 17.6 Å². The molecule has 0 saturated carbocycles. The Morgan fingerprint density at radius 3 is 2.55 bits per heavy atom. The molecule has 1 fully saturated rings. The van der Waals surface area contributed by atoms with E-state index in [0.29, 0.717) is 18.8 Å². The molecule has 20 heavy (non-hydrogen) atoms. The molecule has 1 heterocycles. The molecular formula is C14H18F4N2. The third kappa shape index (κ3) is 3.06. The van der Waals surface area contributed by atoms with Crippen LogP contribution in [0.2, 0.25) is 0 Å². The lowest BCUT2D eigenvalue weighted by Gasteiger charge is -2.44. The second-order valence-corrected chi connectivity index (χ2v) is 5.90. The van der Waals surface area contributed by atoms with Crippen LogP contribution in [0.5, 0.6) is 0 Å². The summed E-state index contributed by atoms with van der Waals surface area (Å²) in [6.07, 6.45) is -4.67. The highest BCUT2D eigenvalue weighted by Crippen LogP contribution is 2.35. The summed E-state index contributed by atoms with van der Waals surface area (Å²) in [7, 11) is 0. The number of piperazine rings is 1. The number of alkyl halides is 3. The molecular weight excluding hydrogens is 272 g/mol. The molecule has 6 heteroatoms. The number of anilines is 1. The zero-order chi connectivity index (χ0) is 15.1. The summed E-state index contributed by atoms with van der Waals surface area (Å²) in [5.74, 6) is -1.23. The maximum Gasteiger partial charge on any atom is 0.419 e. The summed E-state index contributed by atoms with van der Waals surface area (Å²) in [6.45, 7) is 7.14. The maximum absolute atomic E-state index is 13.3. The Bertz CT molecular complexity index is 496. The molecule has 0 aliphatic carbocycles. The molecule has 1 aromatic carbocycles. The molecule has 1 aliphatic heterocycles. The molecule has 0 aromatic heterocycles. The minimum atomic E-state index is -4.67. The van der Waals surface area contributed by atoms with Crippen molar-refractivity contribution in [2.75, 3.05) is 18.0 Å². The SMILES string of the molecule is CC1CNC(C)(C)CN1c1ccc(F)c(C(F)(F)F)c1. The third-order valence-corrected chi connectivity index (χ3v) is 3.56. The van der Waals surface area contributed by atoms with Crippen LogP contribution in [0.1, 0.15) is 26.3 Å². The van der Waals surface area contributed by atoms with E-state index >= 15 is 0 Å². The van der Waals surface area contributed by atoms with Crippen molar-refractivity contribution in [1.82, 2.24) is 5.32 Å². The van der Waals surface area contributed by atoms with Gasteiger partial charge >= 0.3 is 6.18 Å². The normalized spacial score (nSPS) is 22.9. The highest BCUT2D eigenvalue weighted by molar-refractivity contribution is 5.51. The summed E-state index contributed by atoms with van der Waals surface area (Å²) in [4.78, 5) is 1.88. The van der Waals surface area contributed by atoms with Crippen LogP contribution >= 0.6 is 0 Å². The van der Waals surface area contributed by atoms with E-state index in [-0.39, 0.29) is 11.6 Å². The standard InChI is InChI=1S/C14H18F4N2/c1-9-7-19-13(2,3)8-20(9)10-4-5-12(15)11(6-10)14(16,17)18/h4-6,9,19H,7-8H2,1-3H3. The second-order valence-electron chi connectivity index (χ2n) is 5.90. The van der Waals surface area contributed by atoms with Gasteiger partial charge in [-0.05, 0) is 39.0 Å². The topological polar surface area (TPSA) is 15.3 Å². The van der Waals surface area contributed by atoms with E-state index in [1.54, 1.807) is 0 Å². The molecule has 2 nitrogen and oxygen atoms in total. The first kappa shape index (κ1) is 15.1. The highest BCUT2D eigenvalue weighted by Gasteiger charge is 2.36. The van der Waals surface area contributed by atoms with Crippen molar-refractivity contribution in [1.29, 1.82) is 0 Å². The van der Waals surface area contributed by atoms with Gasteiger partial charge in [-0.15, -0.1) is 0 Å². The molecule has 0 spiro atoms.